The molecule has 30 heavy (non-hydrogen) atoms. The van der Waals surface area contributed by atoms with E-state index < -0.39 is 0 Å². The Bertz CT molecular complexity index is 979. The van der Waals surface area contributed by atoms with Crippen LogP contribution in [0.15, 0.2) is 47.6 Å². The Morgan fingerprint density at radius 3 is 2.27 bits per heavy atom. The van der Waals surface area contributed by atoms with Gasteiger partial charge in [-0.25, -0.2) is 0 Å². The molecule has 1 aliphatic heterocycles. The summed E-state index contributed by atoms with van der Waals surface area (Å²) in [6.45, 7) is 18.5. The fourth-order valence-electron chi connectivity index (χ4n) is 5.08. The van der Waals surface area contributed by atoms with E-state index >= 15 is 0 Å². The lowest BCUT2D eigenvalue weighted by Crippen LogP contribution is -2.28. The molecule has 0 spiro atoms. The van der Waals surface area contributed by atoms with Gasteiger partial charge in [-0.1, -0.05) is 85.7 Å². The first-order chi connectivity index (χ1) is 13.9. The van der Waals surface area contributed by atoms with Gasteiger partial charge in [0.25, 0.3) is 0 Å². The molecule has 0 bridgehead atoms. The number of hydrazone groups is 1. The minimum absolute atomic E-state index is 0.144. The van der Waals surface area contributed by atoms with Crippen molar-refractivity contribution in [1.29, 1.82) is 0 Å². The highest BCUT2D eigenvalue weighted by Gasteiger charge is 2.46. The summed E-state index contributed by atoms with van der Waals surface area (Å²) in [7, 11) is 0. The number of rotatable bonds is 3. The lowest BCUT2D eigenvalue weighted by Gasteiger charge is -2.32. The van der Waals surface area contributed by atoms with Crippen LogP contribution in [0.3, 0.4) is 0 Å². The molecule has 2 atom stereocenters. The molecule has 0 saturated heterocycles. The van der Waals surface area contributed by atoms with Gasteiger partial charge in [0.15, 0.2) is 0 Å². The minimum Gasteiger partial charge on any atom is -0.446 e. The maximum Gasteiger partial charge on any atom is 0.240 e. The van der Waals surface area contributed by atoms with Crippen molar-refractivity contribution in [2.75, 3.05) is 0 Å². The van der Waals surface area contributed by atoms with Gasteiger partial charge in [0, 0.05) is 11.1 Å². The summed E-state index contributed by atoms with van der Waals surface area (Å²) in [6, 6.07) is 15.4. The van der Waals surface area contributed by atoms with Crippen molar-refractivity contribution >= 4 is 5.90 Å². The highest BCUT2D eigenvalue weighted by molar-refractivity contribution is 5.95. The van der Waals surface area contributed by atoms with E-state index in [9.17, 15) is 0 Å². The van der Waals surface area contributed by atoms with Crippen LogP contribution in [0.1, 0.15) is 95.9 Å². The molecule has 0 saturated carbocycles. The summed E-state index contributed by atoms with van der Waals surface area (Å²) < 4.78 is 6.24. The van der Waals surface area contributed by atoms with Gasteiger partial charge < -0.3 is 4.74 Å². The van der Waals surface area contributed by atoms with E-state index in [1.165, 1.54) is 23.1 Å². The van der Waals surface area contributed by atoms with Crippen molar-refractivity contribution < 1.29 is 4.74 Å². The Morgan fingerprint density at radius 1 is 1.00 bits per heavy atom. The standard InChI is InChI=1S/C27H36N2O/c1-17(2)27(8)16-26(6,7)21-14-11-19(15-22(21)27)24-29-28-23(30-24)18-9-12-20(13-10-18)25(3,4)5/h9-15,17,23,28H,16H2,1-8H3. The third-order valence-electron chi connectivity index (χ3n) is 7.29. The molecular formula is C27H36N2O. The van der Waals surface area contributed by atoms with Crippen molar-refractivity contribution in [1.82, 2.24) is 5.43 Å². The fourth-order valence-corrected chi connectivity index (χ4v) is 5.08. The number of ether oxygens (including phenoxy) is 1. The Labute approximate surface area is 181 Å². The maximum atomic E-state index is 6.24. The molecule has 0 radical (unpaired) electrons. The van der Waals surface area contributed by atoms with E-state index in [1.807, 2.05) is 0 Å². The summed E-state index contributed by atoms with van der Waals surface area (Å²) >= 11 is 0. The van der Waals surface area contributed by atoms with Gasteiger partial charge in [-0.2, -0.15) is 0 Å². The van der Waals surface area contributed by atoms with E-state index in [0.717, 1.165) is 11.1 Å². The topological polar surface area (TPSA) is 33.6 Å². The van der Waals surface area contributed by atoms with E-state index in [0.29, 0.717) is 11.8 Å². The molecular weight excluding hydrogens is 368 g/mol. The minimum atomic E-state index is -0.241. The summed E-state index contributed by atoms with van der Waals surface area (Å²) in [5.41, 5.74) is 10.1. The van der Waals surface area contributed by atoms with Gasteiger partial charge >= 0.3 is 0 Å². The number of nitrogens with zero attached hydrogens (tertiary/aromatic N) is 1. The molecule has 4 rings (SSSR count). The molecule has 0 fully saturated rings. The molecule has 1 heterocycles. The molecule has 2 aromatic rings. The summed E-state index contributed by atoms with van der Waals surface area (Å²) in [5.74, 6) is 1.26. The average Bonchev–Trinajstić information content (AvgIpc) is 3.23. The lowest BCUT2D eigenvalue weighted by atomic mass is 9.72. The Morgan fingerprint density at radius 2 is 1.67 bits per heavy atom. The molecule has 2 unspecified atom stereocenters. The highest BCUT2D eigenvalue weighted by atomic mass is 16.5. The van der Waals surface area contributed by atoms with Crippen LogP contribution < -0.4 is 5.43 Å². The van der Waals surface area contributed by atoms with Crippen molar-refractivity contribution in [2.45, 2.75) is 84.3 Å². The number of benzene rings is 2. The van der Waals surface area contributed by atoms with Crippen LogP contribution in [0.2, 0.25) is 0 Å². The van der Waals surface area contributed by atoms with Crippen molar-refractivity contribution in [3.8, 4) is 0 Å². The van der Waals surface area contributed by atoms with Crippen LogP contribution in [-0.4, -0.2) is 5.90 Å². The second-order valence-electron chi connectivity index (χ2n) is 11.3. The molecule has 0 amide bonds. The van der Waals surface area contributed by atoms with E-state index in [2.05, 4.69) is 108 Å². The Balaban J connectivity index is 1.58. The average molecular weight is 405 g/mol. The molecule has 0 aromatic heterocycles. The Hall–Kier alpha value is -2.29. The van der Waals surface area contributed by atoms with E-state index in [4.69, 9.17) is 4.74 Å². The van der Waals surface area contributed by atoms with Crippen LogP contribution in [0.5, 0.6) is 0 Å². The zero-order valence-corrected chi connectivity index (χ0v) is 19.8. The van der Waals surface area contributed by atoms with Gasteiger partial charge in [-0.05, 0) is 57.4 Å². The normalized spacial score (nSPS) is 25.0. The molecule has 1 N–H and O–H groups in total. The lowest BCUT2D eigenvalue weighted by molar-refractivity contribution is 0.191. The number of hydrogen-bond acceptors (Lipinski definition) is 3. The van der Waals surface area contributed by atoms with E-state index in [-0.39, 0.29) is 22.5 Å². The van der Waals surface area contributed by atoms with Crippen LogP contribution in [0, 0.1) is 5.92 Å². The third kappa shape index (κ3) is 3.42. The van der Waals surface area contributed by atoms with Gasteiger partial charge in [0.2, 0.25) is 12.1 Å². The largest absolute Gasteiger partial charge is 0.446 e. The maximum absolute atomic E-state index is 6.24. The monoisotopic (exact) mass is 404 g/mol. The van der Waals surface area contributed by atoms with E-state index in [1.54, 1.807) is 0 Å². The predicted molar refractivity (Wildman–Crippen MR) is 125 cm³/mol. The first-order valence-electron chi connectivity index (χ1n) is 11.2. The summed E-state index contributed by atoms with van der Waals surface area (Å²) in [5, 5.41) is 4.53. The third-order valence-corrected chi connectivity index (χ3v) is 7.29. The molecule has 3 heteroatoms. The zero-order chi connectivity index (χ0) is 21.9. The second-order valence-corrected chi connectivity index (χ2v) is 11.3. The van der Waals surface area contributed by atoms with Gasteiger partial charge in [0.1, 0.15) is 0 Å². The first kappa shape index (κ1) is 21.0. The fraction of sp³-hybridized carbons (Fsp3) is 0.519. The molecule has 3 nitrogen and oxygen atoms in total. The van der Waals surface area contributed by atoms with Gasteiger partial charge in [0.05, 0.1) is 0 Å². The quantitative estimate of drug-likeness (QED) is 0.628. The molecule has 1 aliphatic carbocycles. The highest BCUT2D eigenvalue weighted by Crippen LogP contribution is 2.53. The Kier molecular flexibility index (Phi) is 4.80. The number of fused-ring (bicyclic) bond motifs is 1. The first-order valence-corrected chi connectivity index (χ1v) is 11.2. The van der Waals surface area contributed by atoms with Crippen molar-refractivity contribution in [3.63, 3.8) is 0 Å². The second kappa shape index (κ2) is 6.87. The number of nitrogens with one attached hydrogen (secondary N) is 1. The van der Waals surface area contributed by atoms with Crippen LogP contribution in [0.4, 0.5) is 0 Å². The zero-order valence-electron chi connectivity index (χ0n) is 19.8. The smallest absolute Gasteiger partial charge is 0.240 e. The van der Waals surface area contributed by atoms with Gasteiger partial charge in [-0.15, -0.1) is 5.10 Å². The van der Waals surface area contributed by atoms with Crippen LogP contribution in [-0.2, 0) is 21.0 Å². The van der Waals surface area contributed by atoms with Crippen molar-refractivity contribution in [2.24, 2.45) is 11.0 Å². The summed E-state index contributed by atoms with van der Waals surface area (Å²) in [4.78, 5) is 0. The van der Waals surface area contributed by atoms with Gasteiger partial charge in [-0.3, -0.25) is 5.43 Å². The van der Waals surface area contributed by atoms with Crippen LogP contribution >= 0.6 is 0 Å². The SMILES string of the molecule is CC(C)C1(C)CC(C)(C)c2ccc(C3=NNC(c4ccc(C(C)(C)C)cc4)O3)cc21. The number of hydrogen-bond donors (Lipinski definition) is 1. The van der Waals surface area contributed by atoms with Crippen LogP contribution in [0.25, 0.3) is 0 Å². The molecule has 2 aliphatic rings. The summed E-state index contributed by atoms with van der Waals surface area (Å²) in [6.07, 6.45) is 0.931. The molecule has 2 aromatic carbocycles. The van der Waals surface area contributed by atoms with Crippen molar-refractivity contribution in [3.05, 3.63) is 70.3 Å². The predicted octanol–water partition coefficient (Wildman–Crippen LogP) is 6.56. The molecule has 160 valence electrons.